The molecule has 0 aliphatic carbocycles. The molecule has 0 spiro atoms. The first kappa shape index (κ1) is 13.6. The summed E-state index contributed by atoms with van der Waals surface area (Å²) in [6, 6.07) is 9.96. The second-order valence-electron chi connectivity index (χ2n) is 4.97. The van der Waals surface area contributed by atoms with E-state index in [1.54, 1.807) is 0 Å². The van der Waals surface area contributed by atoms with Crippen LogP contribution in [0.4, 0.5) is 0 Å². The van der Waals surface area contributed by atoms with Crippen LogP contribution in [0.1, 0.15) is 24.0 Å². The molecule has 4 heteroatoms. The lowest BCUT2D eigenvalue weighted by atomic mass is 10.1. The van der Waals surface area contributed by atoms with Gasteiger partial charge in [-0.25, -0.2) is 0 Å². The number of nitrogens with one attached hydrogen (secondary N) is 1. The predicted octanol–water partition coefficient (Wildman–Crippen LogP) is 1.60. The summed E-state index contributed by atoms with van der Waals surface area (Å²) in [5, 5.41) is 11.9. The molecule has 1 amide bonds. The van der Waals surface area contributed by atoms with E-state index in [1.165, 1.54) is 5.56 Å². The molecule has 0 aromatic heterocycles. The SMILES string of the molecule is Cc1ccc(CN2CCCNC(CC#N)C2=O)cc1. The Kier molecular flexibility index (Phi) is 4.53. The van der Waals surface area contributed by atoms with E-state index in [0.717, 1.165) is 25.1 Å². The standard InChI is InChI=1S/C15H19N3O/c1-12-3-5-13(6-4-12)11-18-10-2-9-17-14(7-8-16)15(18)19/h3-6,14,17H,2,7,9-11H2,1H3. The van der Waals surface area contributed by atoms with Crippen LogP contribution in [0.3, 0.4) is 0 Å². The van der Waals surface area contributed by atoms with Crippen molar-refractivity contribution in [1.29, 1.82) is 5.26 Å². The third kappa shape index (κ3) is 3.55. The monoisotopic (exact) mass is 257 g/mol. The molecule has 1 atom stereocenters. The molecule has 1 aromatic rings. The third-order valence-corrected chi connectivity index (χ3v) is 3.39. The summed E-state index contributed by atoms with van der Waals surface area (Å²) in [5.74, 6) is 0.0413. The number of hydrogen-bond acceptors (Lipinski definition) is 3. The molecule has 4 nitrogen and oxygen atoms in total. The largest absolute Gasteiger partial charge is 0.337 e. The molecule has 1 aliphatic rings. The zero-order chi connectivity index (χ0) is 13.7. The molecule has 1 N–H and O–H groups in total. The maximum Gasteiger partial charge on any atom is 0.241 e. The molecule has 2 rings (SSSR count). The van der Waals surface area contributed by atoms with E-state index >= 15 is 0 Å². The fraction of sp³-hybridized carbons (Fsp3) is 0.467. The zero-order valence-corrected chi connectivity index (χ0v) is 11.2. The molecule has 0 radical (unpaired) electrons. The van der Waals surface area contributed by atoms with Gasteiger partial charge in [0.25, 0.3) is 0 Å². The van der Waals surface area contributed by atoms with Crippen molar-refractivity contribution in [3.8, 4) is 6.07 Å². The van der Waals surface area contributed by atoms with Gasteiger partial charge >= 0.3 is 0 Å². The number of amides is 1. The molecule has 1 unspecified atom stereocenters. The quantitative estimate of drug-likeness (QED) is 0.894. The van der Waals surface area contributed by atoms with Crippen molar-refractivity contribution >= 4 is 5.91 Å². The molecule has 100 valence electrons. The van der Waals surface area contributed by atoms with Gasteiger partial charge in [-0.05, 0) is 25.5 Å². The maximum absolute atomic E-state index is 12.3. The molecule has 19 heavy (non-hydrogen) atoms. The van der Waals surface area contributed by atoms with Crippen molar-refractivity contribution in [1.82, 2.24) is 10.2 Å². The van der Waals surface area contributed by atoms with Gasteiger partial charge in [-0.3, -0.25) is 4.79 Å². The summed E-state index contributed by atoms with van der Waals surface area (Å²) in [4.78, 5) is 14.2. The Hall–Kier alpha value is -1.86. The van der Waals surface area contributed by atoms with E-state index < -0.39 is 0 Å². The first-order valence-electron chi connectivity index (χ1n) is 6.65. The van der Waals surface area contributed by atoms with Crippen LogP contribution in [0, 0.1) is 18.3 Å². The van der Waals surface area contributed by atoms with E-state index in [4.69, 9.17) is 5.26 Å². The van der Waals surface area contributed by atoms with Crippen LogP contribution in [-0.4, -0.2) is 29.9 Å². The van der Waals surface area contributed by atoms with Gasteiger partial charge in [-0.15, -0.1) is 0 Å². The Morgan fingerprint density at radius 2 is 2.16 bits per heavy atom. The number of hydrogen-bond donors (Lipinski definition) is 1. The summed E-state index contributed by atoms with van der Waals surface area (Å²) >= 11 is 0. The fourth-order valence-corrected chi connectivity index (χ4v) is 2.29. The second-order valence-corrected chi connectivity index (χ2v) is 4.97. The Labute approximate surface area is 114 Å². The lowest BCUT2D eigenvalue weighted by molar-refractivity contribution is -0.133. The molecule has 1 aliphatic heterocycles. The molecule has 1 fully saturated rings. The van der Waals surface area contributed by atoms with Gasteiger partial charge in [0.05, 0.1) is 18.5 Å². The Balaban J connectivity index is 2.07. The van der Waals surface area contributed by atoms with Gasteiger partial charge in [0, 0.05) is 13.1 Å². The Morgan fingerprint density at radius 1 is 1.42 bits per heavy atom. The first-order chi connectivity index (χ1) is 9.20. The van der Waals surface area contributed by atoms with Crippen molar-refractivity contribution in [2.75, 3.05) is 13.1 Å². The van der Waals surface area contributed by atoms with Gasteiger partial charge < -0.3 is 10.2 Å². The van der Waals surface area contributed by atoms with E-state index in [0.29, 0.717) is 6.54 Å². The van der Waals surface area contributed by atoms with Crippen LogP contribution in [0.25, 0.3) is 0 Å². The highest BCUT2D eigenvalue weighted by Gasteiger charge is 2.26. The summed E-state index contributed by atoms with van der Waals surface area (Å²) in [5.41, 5.74) is 2.35. The van der Waals surface area contributed by atoms with Crippen LogP contribution >= 0.6 is 0 Å². The average Bonchev–Trinajstić information content (AvgIpc) is 2.57. The lowest BCUT2D eigenvalue weighted by Crippen LogP contribution is -2.43. The van der Waals surface area contributed by atoms with Gasteiger partial charge in [-0.1, -0.05) is 29.8 Å². The highest BCUT2D eigenvalue weighted by molar-refractivity contribution is 5.82. The van der Waals surface area contributed by atoms with Crippen LogP contribution in [-0.2, 0) is 11.3 Å². The van der Waals surface area contributed by atoms with Crippen LogP contribution in [0.2, 0.25) is 0 Å². The normalized spacial score (nSPS) is 19.9. The summed E-state index contributed by atoms with van der Waals surface area (Å²) in [7, 11) is 0. The highest BCUT2D eigenvalue weighted by atomic mass is 16.2. The van der Waals surface area contributed by atoms with Crippen molar-refractivity contribution in [2.24, 2.45) is 0 Å². The number of carbonyl (C=O) groups is 1. The van der Waals surface area contributed by atoms with Crippen molar-refractivity contribution in [2.45, 2.75) is 32.4 Å². The van der Waals surface area contributed by atoms with E-state index in [2.05, 4.69) is 35.7 Å². The number of rotatable bonds is 3. The van der Waals surface area contributed by atoms with E-state index in [1.807, 2.05) is 11.8 Å². The number of aryl methyl sites for hydroxylation is 1. The summed E-state index contributed by atoms with van der Waals surface area (Å²) in [6.07, 6.45) is 1.17. The van der Waals surface area contributed by atoms with E-state index in [9.17, 15) is 4.79 Å². The van der Waals surface area contributed by atoms with Crippen molar-refractivity contribution in [3.05, 3.63) is 35.4 Å². The minimum Gasteiger partial charge on any atom is -0.337 e. The number of carbonyl (C=O) groups excluding carboxylic acids is 1. The zero-order valence-electron chi connectivity index (χ0n) is 11.2. The number of nitrogens with zero attached hydrogens (tertiary/aromatic N) is 2. The van der Waals surface area contributed by atoms with Crippen molar-refractivity contribution in [3.63, 3.8) is 0 Å². The summed E-state index contributed by atoms with van der Waals surface area (Å²) in [6.45, 7) is 4.22. The molecule has 1 aromatic carbocycles. The van der Waals surface area contributed by atoms with Gasteiger partial charge in [0.15, 0.2) is 0 Å². The highest BCUT2D eigenvalue weighted by Crippen LogP contribution is 2.11. The third-order valence-electron chi connectivity index (χ3n) is 3.39. The lowest BCUT2D eigenvalue weighted by Gasteiger charge is -2.23. The molecule has 0 bridgehead atoms. The topological polar surface area (TPSA) is 56.1 Å². The van der Waals surface area contributed by atoms with Crippen LogP contribution < -0.4 is 5.32 Å². The molecule has 1 saturated heterocycles. The Morgan fingerprint density at radius 3 is 2.84 bits per heavy atom. The summed E-state index contributed by atoms with van der Waals surface area (Å²) < 4.78 is 0. The molecular formula is C15H19N3O. The number of benzene rings is 1. The maximum atomic E-state index is 12.3. The number of nitriles is 1. The first-order valence-corrected chi connectivity index (χ1v) is 6.65. The smallest absolute Gasteiger partial charge is 0.241 e. The molecule has 1 heterocycles. The predicted molar refractivity (Wildman–Crippen MR) is 73.2 cm³/mol. The minimum atomic E-state index is -0.349. The molecule has 0 saturated carbocycles. The van der Waals surface area contributed by atoms with Crippen molar-refractivity contribution < 1.29 is 4.79 Å². The Bertz CT molecular complexity index is 475. The second kappa shape index (κ2) is 6.35. The van der Waals surface area contributed by atoms with Crippen LogP contribution in [0.15, 0.2) is 24.3 Å². The van der Waals surface area contributed by atoms with Crippen LogP contribution in [0.5, 0.6) is 0 Å². The minimum absolute atomic E-state index is 0.0413. The van der Waals surface area contributed by atoms with Gasteiger partial charge in [0.2, 0.25) is 5.91 Å². The average molecular weight is 257 g/mol. The van der Waals surface area contributed by atoms with Gasteiger partial charge in [-0.2, -0.15) is 5.26 Å². The fourth-order valence-electron chi connectivity index (χ4n) is 2.29. The van der Waals surface area contributed by atoms with E-state index in [-0.39, 0.29) is 18.4 Å². The molecular weight excluding hydrogens is 238 g/mol. The van der Waals surface area contributed by atoms with Gasteiger partial charge in [0.1, 0.15) is 0 Å².